The number of carbonyl (C=O) groups is 1. The molecule has 2 N–H and O–H groups in total. The Bertz CT molecular complexity index is 630. The second kappa shape index (κ2) is 12.3. The third-order valence-electron chi connectivity index (χ3n) is 5.27. The van der Waals surface area contributed by atoms with Gasteiger partial charge in [-0.05, 0) is 43.4 Å². The number of hydrogen-bond acceptors (Lipinski definition) is 3. The largest absolute Gasteiger partial charge is 0.378 e. The summed E-state index contributed by atoms with van der Waals surface area (Å²) in [4.78, 5) is 18.0. The third-order valence-corrected chi connectivity index (χ3v) is 5.27. The van der Waals surface area contributed by atoms with Gasteiger partial charge in [0.2, 0.25) is 5.91 Å². The normalized spacial score (nSPS) is 17.7. The van der Waals surface area contributed by atoms with Gasteiger partial charge in [-0.25, -0.2) is 0 Å². The molecule has 0 bridgehead atoms. The number of anilines is 1. The number of amides is 1. The highest BCUT2D eigenvalue weighted by Crippen LogP contribution is 2.22. The van der Waals surface area contributed by atoms with Crippen molar-refractivity contribution in [1.82, 2.24) is 10.6 Å². The lowest BCUT2D eigenvalue weighted by atomic mass is 10.2. The van der Waals surface area contributed by atoms with Crippen LogP contribution < -0.4 is 15.5 Å². The Morgan fingerprint density at radius 1 is 1.18 bits per heavy atom. The van der Waals surface area contributed by atoms with Gasteiger partial charge in [-0.15, -0.1) is 24.0 Å². The first kappa shape index (κ1) is 22.9. The minimum absolute atomic E-state index is 0. The Kier molecular flexibility index (Phi) is 10.0. The van der Waals surface area contributed by atoms with Gasteiger partial charge in [0.05, 0.1) is 6.10 Å². The van der Waals surface area contributed by atoms with Crippen LogP contribution >= 0.6 is 24.0 Å². The molecular formula is C21H33IN4O2. The van der Waals surface area contributed by atoms with E-state index < -0.39 is 0 Å². The molecule has 28 heavy (non-hydrogen) atoms. The van der Waals surface area contributed by atoms with Crippen molar-refractivity contribution in [2.75, 3.05) is 31.6 Å². The summed E-state index contributed by atoms with van der Waals surface area (Å²) in [5, 5.41) is 6.67. The highest BCUT2D eigenvalue weighted by atomic mass is 127. The number of nitrogens with zero attached hydrogens (tertiary/aromatic N) is 2. The fourth-order valence-corrected chi connectivity index (χ4v) is 3.71. The predicted molar refractivity (Wildman–Crippen MR) is 124 cm³/mol. The van der Waals surface area contributed by atoms with Gasteiger partial charge in [-0.2, -0.15) is 0 Å². The Hall–Kier alpha value is -1.35. The molecule has 2 aliphatic rings. The molecule has 1 heterocycles. The molecule has 1 saturated heterocycles. The smallest absolute Gasteiger partial charge is 0.227 e. The SMILES string of the molecule is CN=C(NCCCOC1CCCC1)NCc1ccc(N2CCCC2=O)cc1.I. The van der Waals surface area contributed by atoms with E-state index in [9.17, 15) is 4.79 Å². The number of rotatable bonds is 8. The molecule has 1 aromatic carbocycles. The molecule has 1 saturated carbocycles. The number of carbonyl (C=O) groups excluding carboxylic acids is 1. The minimum Gasteiger partial charge on any atom is -0.378 e. The van der Waals surface area contributed by atoms with Crippen molar-refractivity contribution in [2.45, 2.75) is 57.6 Å². The standard InChI is InChI=1S/C21H32N4O2.HI/c1-22-21(23-13-5-15-27-19-6-2-3-7-19)24-16-17-9-11-18(12-10-17)25-14-4-8-20(25)26;/h9-12,19H,2-8,13-16H2,1H3,(H2,22,23,24);1H. The van der Waals surface area contributed by atoms with Gasteiger partial charge in [0, 0.05) is 45.4 Å². The quantitative estimate of drug-likeness (QED) is 0.249. The fraction of sp³-hybridized carbons (Fsp3) is 0.619. The van der Waals surface area contributed by atoms with Crippen LogP contribution in [0.1, 0.15) is 50.5 Å². The Morgan fingerprint density at radius 3 is 2.57 bits per heavy atom. The van der Waals surface area contributed by atoms with Crippen LogP contribution in [-0.4, -0.2) is 44.7 Å². The van der Waals surface area contributed by atoms with E-state index >= 15 is 0 Å². The summed E-state index contributed by atoms with van der Waals surface area (Å²) in [5.74, 6) is 1.03. The summed E-state index contributed by atoms with van der Waals surface area (Å²) >= 11 is 0. The Balaban J connectivity index is 0.00000280. The van der Waals surface area contributed by atoms with Crippen LogP contribution in [0.25, 0.3) is 0 Å². The second-order valence-corrected chi connectivity index (χ2v) is 7.30. The Morgan fingerprint density at radius 2 is 1.93 bits per heavy atom. The predicted octanol–water partition coefficient (Wildman–Crippen LogP) is 3.45. The first-order chi connectivity index (χ1) is 13.3. The molecule has 0 atom stereocenters. The number of guanidine groups is 1. The number of nitrogens with one attached hydrogen (secondary N) is 2. The summed E-state index contributed by atoms with van der Waals surface area (Å²) in [6, 6.07) is 8.18. The van der Waals surface area contributed by atoms with Gasteiger partial charge in [-0.1, -0.05) is 25.0 Å². The summed E-state index contributed by atoms with van der Waals surface area (Å²) < 4.78 is 5.88. The molecular weight excluding hydrogens is 467 g/mol. The summed E-state index contributed by atoms with van der Waals surface area (Å²) in [5.41, 5.74) is 2.16. The van der Waals surface area contributed by atoms with E-state index in [2.05, 4.69) is 27.8 Å². The summed E-state index contributed by atoms with van der Waals surface area (Å²) in [6.45, 7) is 3.19. The van der Waals surface area contributed by atoms with Crippen LogP contribution in [0.2, 0.25) is 0 Å². The van der Waals surface area contributed by atoms with Crippen LogP contribution in [0.3, 0.4) is 0 Å². The van der Waals surface area contributed by atoms with Crippen LogP contribution in [0.4, 0.5) is 5.69 Å². The average Bonchev–Trinajstić information content (AvgIpc) is 3.36. The maximum absolute atomic E-state index is 11.8. The van der Waals surface area contributed by atoms with E-state index in [0.717, 1.165) is 49.7 Å². The first-order valence-electron chi connectivity index (χ1n) is 10.2. The molecule has 2 fully saturated rings. The highest BCUT2D eigenvalue weighted by Gasteiger charge is 2.21. The first-order valence-corrected chi connectivity index (χ1v) is 10.2. The molecule has 156 valence electrons. The molecule has 1 aliphatic carbocycles. The summed E-state index contributed by atoms with van der Waals surface area (Å²) in [6.07, 6.45) is 8.16. The molecule has 0 spiro atoms. The van der Waals surface area contributed by atoms with Crippen LogP contribution in [0.5, 0.6) is 0 Å². The van der Waals surface area contributed by atoms with Gasteiger partial charge in [0.25, 0.3) is 0 Å². The molecule has 1 aliphatic heterocycles. The van der Waals surface area contributed by atoms with Crippen molar-refractivity contribution in [3.05, 3.63) is 29.8 Å². The monoisotopic (exact) mass is 500 g/mol. The Labute approximate surface area is 185 Å². The van der Waals surface area contributed by atoms with Crippen molar-refractivity contribution >= 4 is 41.5 Å². The zero-order valence-electron chi connectivity index (χ0n) is 16.8. The van der Waals surface area contributed by atoms with Gasteiger partial charge in [-0.3, -0.25) is 9.79 Å². The number of hydrogen-bond donors (Lipinski definition) is 2. The topological polar surface area (TPSA) is 66.0 Å². The number of halogens is 1. The minimum atomic E-state index is 0. The lowest BCUT2D eigenvalue weighted by molar-refractivity contribution is -0.117. The van der Waals surface area contributed by atoms with Crippen molar-refractivity contribution in [1.29, 1.82) is 0 Å². The van der Waals surface area contributed by atoms with Gasteiger partial charge < -0.3 is 20.3 Å². The van der Waals surface area contributed by atoms with Gasteiger partial charge >= 0.3 is 0 Å². The molecule has 6 nitrogen and oxygen atoms in total. The third kappa shape index (κ3) is 6.92. The molecule has 0 radical (unpaired) electrons. The van der Waals surface area contributed by atoms with Gasteiger partial charge in [0.1, 0.15) is 0 Å². The van der Waals surface area contributed by atoms with Gasteiger partial charge in [0.15, 0.2) is 5.96 Å². The van der Waals surface area contributed by atoms with Crippen molar-refractivity contribution in [3.63, 3.8) is 0 Å². The zero-order chi connectivity index (χ0) is 18.9. The maximum atomic E-state index is 11.8. The second-order valence-electron chi connectivity index (χ2n) is 7.30. The van der Waals surface area contributed by atoms with E-state index in [1.807, 2.05) is 17.0 Å². The van der Waals surface area contributed by atoms with Crippen LogP contribution in [-0.2, 0) is 16.1 Å². The van der Waals surface area contributed by atoms with Crippen molar-refractivity contribution < 1.29 is 9.53 Å². The highest BCUT2D eigenvalue weighted by molar-refractivity contribution is 14.0. The molecule has 1 aromatic rings. The van der Waals surface area contributed by atoms with E-state index in [1.165, 1.54) is 25.7 Å². The van der Waals surface area contributed by atoms with Crippen LogP contribution in [0, 0.1) is 0 Å². The van der Waals surface area contributed by atoms with E-state index in [4.69, 9.17) is 4.74 Å². The van der Waals surface area contributed by atoms with E-state index in [-0.39, 0.29) is 29.9 Å². The summed E-state index contributed by atoms with van der Waals surface area (Å²) in [7, 11) is 1.78. The molecule has 1 amide bonds. The lowest BCUT2D eigenvalue weighted by Crippen LogP contribution is -2.37. The molecule has 0 aromatic heterocycles. The number of aliphatic imine (C=N–C) groups is 1. The van der Waals surface area contributed by atoms with E-state index in [0.29, 0.717) is 19.1 Å². The van der Waals surface area contributed by atoms with E-state index in [1.54, 1.807) is 7.05 Å². The average molecular weight is 500 g/mol. The maximum Gasteiger partial charge on any atom is 0.227 e. The molecule has 0 unspecified atom stereocenters. The van der Waals surface area contributed by atoms with Crippen LogP contribution in [0.15, 0.2) is 29.3 Å². The van der Waals surface area contributed by atoms with Crippen molar-refractivity contribution in [3.8, 4) is 0 Å². The molecule has 7 heteroatoms. The zero-order valence-corrected chi connectivity index (χ0v) is 19.1. The number of ether oxygens (including phenoxy) is 1. The fourth-order valence-electron chi connectivity index (χ4n) is 3.71. The molecule has 3 rings (SSSR count). The lowest BCUT2D eigenvalue weighted by Gasteiger charge is -2.16. The van der Waals surface area contributed by atoms with Crippen molar-refractivity contribution in [2.24, 2.45) is 4.99 Å². The number of benzene rings is 1.